The van der Waals surface area contributed by atoms with Gasteiger partial charge in [0.25, 0.3) is 0 Å². The number of ether oxygens (including phenoxy) is 1. The molecular weight excluding hydrogens is 299 g/mol. The molecule has 0 saturated heterocycles. The molecule has 2 N–H and O–H groups in total. The van der Waals surface area contributed by atoms with E-state index >= 15 is 0 Å². The highest BCUT2D eigenvalue weighted by molar-refractivity contribution is 5.91. The van der Waals surface area contributed by atoms with E-state index in [-0.39, 0.29) is 22.9 Å². The average molecular weight is 309 g/mol. The smallest absolute Gasteiger partial charge is 0.387 e. The molecule has 0 spiro atoms. The number of hydrogen-bond donors (Lipinski definition) is 2. The van der Waals surface area contributed by atoms with Crippen LogP contribution in [0.2, 0.25) is 0 Å². The molecule has 114 valence electrons. The molecule has 0 aliphatic heterocycles. The molecule has 0 unspecified atom stereocenters. The fourth-order valence-corrected chi connectivity index (χ4v) is 1.95. The number of nitrogens with one attached hydrogen (secondary N) is 2. The Kier molecular flexibility index (Phi) is 3.53. The largest absolute Gasteiger partial charge is 0.429 e. The number of hydrogen-bond acceptors (Lipinski definition) is 5. The Morgan fingerprint density at radius 2 is 2.09 bits per heavy atom. The molecule has 2 heterocycles. The van der Waals surface area contributed by atoms with Crippen molar-refractivity contribution >= 4 is 22.5 Å². The van der Waals surface area contributed by atoms with Crippen molar-refractivity contribution < 1.29 is 17.9 Å². The highest BCUT2D eigenvalue weighted by atomic mass is 19.3. The second-order valence-electron chi connectivity index (χ2n) is 4.37. The molecule has 0 radical (unpaired) electrons. The van der Waals surface area contributed by atoms with Crippen molar-refractivity contribution in [2.45, 2.75) is 13.5 Å². The van der Waals surface area contributed by atoms with Gasteiger partial charge in [0.15, 0.2) is 17.4 Å². The van der Waals surface area contributed by atoms with Crippen LogP contribution in [0.3, 0.4) is 0 Å². The van der Waals surface area contributed by atoms with Gasteiger partial charge in [-0.25, -0.2) is 14.4 Å². The number of rotatable bonds is 4. The first kappa shape index (κ1) is 14.1. The summed E-state index contributed by atoms with van der Waals surface area (Å²) in [4.78, 5) is 7.80. The average Bonchev–Trinajstić information content (AvgIpc) is 2.86. The lowest BCUT2D eigenvalue weighted by Crippen LogP contribution is -2.07. The van der Waals surface area contributed by atoms with Crippen LogP contribution in [-0.4, -0.2) is 26.8 Å². The van der Waals surface area contributed by atoms with E-state index in [4.69, 9.17) is 0 Å². The summed E-state index contributed by atoms with van der Waals surface area (Å²) in [7, 11) is 0. The van der Waals surface area contributed by atoms with Crippen molar-refractivity contribution in [1.29, 1.82) is 0 Å². The van der Waals surface area contributed by atoms with E-state index in [1.807, 2.05) is 0 Å². The van der Waals surface area contributed by atoms with Gasteiger partial charge in [0.05, 0.1) is 6.20 Å². The number of nitrogens with zero attached hydrogens (tertiary/aromatic N) is 3. The van der Waals surface area contributed by atoms with Gasteiger partial charge in [-0.15, -0.1) is 0 Å². The number of benzene rings is 1. The van der Waals surface area contributed by atoms with Crippen LogP contribution >= 0.6 is 0 Å². The monoisotopic (exact) mass is 309 g/mol. The van der Waals surface area contributed by atoms with E-state index in [1.54, 1.807) is 13.0 Å². The molecule has 0 fully saturated rings. The summed E-state index contributed by atoms with van der Waals surface area (Å²) < 4.78 is 42.8. The number of fused-ring (bicyclic) bond motifs is 1. The zero-order valence-electron chi connectivity index (χ0n) is 11.3. The molecule has 3 rings (SSSR count). The lowest BCUT2D eigenvalue weighted by atomic mass is 10.2. The lowest BCUT2D eigenvalue weighted by Gasteiger charge is -2.10. The maximum Gasteiger partial charge on any atom is 0.387 e. The third kappa shape index (κ3) is 2.65. The number of aromatic amines is 1. The molecule has 0 aliphatic carbocycles. The Morgan fingerprint density at radius 1 is 1.27 bits per heavy atom. The van der Waals surface area contributed by atoms with Gasteiger partial charge in [0.2, 0.25) is 0 Å². The summed E-state index contributed by atoms with van der Waals surface area (Å²) in [5.74, 6) is -0.0820. The minimum Gasteiger partial charge on any atom is -0.429 e. The van der Waals surface area contributed by atoms with Gasteiger partial charge in [-0.3, -0.25) is 5.10 Å². The Morgan fingerprint density at radius 3 is 2.86 bits per heavy atom. The van der Waals surface area contributed by atoms with Crippen molar-refractivity contribution in [3.63, 3.8) is 0 Å². The van der Waals surface area contributed by atoms with Gasteiger partial charge in [0.1, 0.15) is 17.2 Å². The molecule has 0 amide bonds. The van der Waals surface area contributed by atoms with Crippen LogP contribution in [0.1, 0.15) is 5.82 Å². The van der Waals surface area contributed by atoms with Gasteiger partial charge >= 0.3 is 6.61 Å². The SMILES string of the molecule is Cc1ncc(OC(F)F)c(Nc2n[nH]c3c(F)cccc23)n1. The molecule has 3 aromatic rings. The van der Waals surface area contributed by atoms with Crippen molar-refractivity contribution in [3.05, 3.63) is 36.0 Å². The van der Waals surface area contributed by atoms with Crippen LogP contribution in [0.5, 0.6) is 5.75 Å². The molecule has 9 heteroatoms. The highest BCUT2D eigenvalue weighted by Crippen LogP contribution is 2.29. The summed E-state index contributed by atoms with van der Waals surface area (Å²) in [6.45, 7) is -1.42. The van der Waals surface area contributed by atoms with Crippen molar-refractivity contribution in [2.24, 2.45) is 0 Å². The topological polar surface area (TPSA) is 75.7 Å². The molecule has 6 nitrogen and oxygen atoms in total. The Labute approximate surface area is 122 Å². The predicted molar refractivity (Wildman–Crippen MR) is 72.7 cm³/mol. The molecule has 22 heavy (non-hydrogen) atoms. The van der Waals surface area contributed by atoms with Crippen molar-refractivity contribution in [2.75, 3.05) is 5.32 Å². The number of H-pyrrole nitrogens is 1. The minimum absolute atomic E-state index is 0.0189. The van der Waals surface area contributed by atoms with Crippen LogP contribution in [0.25, 0.3) is 10.9 Å². The summed E-state index contributed by atoms with van der Waals surface area (Å²) >= 11 is 0. The Balaban J connectivity index is 2.01. The predicted octanol–water partition coefficient (Wildman–Crippen LogP) is 3.15. The zero-order chi connectivity index (χ0) is 15.7. The molecule has 0 atom stereocenters. The van der Waals surface area contributed by atoms with E-state index in [2.05, 4.69) is 30.2 Å². The quantitative estimate of drug-likeness (QED) is 0.774. The summed E-state index contributed by atoms with van der Waals surface area (Å²) in [6, 6.07) is 4.43. The first-order valence-corrected chi connectivity index (χ1v) is 6.22. The maximum absolute atomic E-state index is 13.6. The number of alkyl halides is 2. The second kappa shape index (κ2) is 5.51. The maximum atomic E-state index is 13.6. The molecule has 0 aliphatic rings. The molecule has 0 bridgehead atoms. The third-order valence-electron chi connectivity index (χ3n) is 2.88. The Bertz CT molecular complexity index is 821. The van der Waals surface area contributed by atoms with Crippen LogP contribution in [0, 0.1) is 12.7 Å². The number of para-hydroxylation sites is 1. The third-order valence-corrected chi connectivity index (χ3v) is 2.88. The van der Waals surface area contributed by atoms with Crippen LogP contribution in [0.15, 0.2) is 24.4 Å². The normalized spacial score (nSPS) is 11.1. The number of anilines is 2. The zero-order valence-corrected chi connectivity index (χ0v) is 11.3. The fourth-order valence-electron chi connectivity index (χ4n) is 1.95. The van der Waals surface area contributed by atoms with Gasteiger partial charge in [-0.1, -0.05) is 6.07 Å². The van der Waals surface area contributed by atoms with Gasteiger partial charge in [-0.2, -0.15) is 13.9 Å². The Hall–Kier alpha value is -2.84. The number of halogens is 3. The van der Waals surface area contributed by atoms with Crippen LogP contribution < -0.4 is 10.1 Å². The molecule has 0 saturated carbocycles. The lowest BCUT2D eigenvalue weighted by molar-refractivity contribution is -0.0497. The number of aryl methyl sites for hydroxylation is 1. The first-order chi connectivity index (χ1) is 10.5. The first-order valence-electron chi connectivity index (χ1n) is 6.22. The minimum atomic E-state index is -3.01. The van der Waals surface area contributed by atoms with Crippen molar-refractivity contribution in [3.8, 4) is 5.75 Å². The van der Waals surface area contributed by atoms with E-state index in [0.717, 1.165) is 6.20 Å². The van der Waals surface area contributed by atoms with Crippen LogP contribution in [0.4, 0.5) is 24.8 Å². The van der Waals surface area contributed by atoms with Gasteiger partial charge < -0.3 is 10.1 Å². The number of aromatic nitrogens is 4. The molecule has 2 aromatic heterocycles. The second-order valence-corrected chi connectivity index (χ2v) is 4.37. The summed E-state index contributed by atoms with van der Waals surface area (Å²) in [5, 5.41) is 9.66. The standard InChI is InChI=1S/C13H10F3N5O/c1-6-17-5-9(22-13(15)16)12(18-6)19-11-7-3-2-4-8(14)10(7)20-21-11/h2-5,13H,1H3,(H2,17,18,19,20,21). The van der Waals surface area contributed by atoms with Crippen LogP contribution in [-0.2, 0) is 0 Å². The molecule has 1 aromatic carbocycles. The highest BCUT2D eigenvalue weighted by Gasteiger charge is 2.15. The fraction of sp³-hybridized carbons (Fsp3) is 0.154. The molecular formula is C13H10F3N5O. The summed E-state index contributed by atoms with van der Waals surface area (Å²) in [6.07, 6.45) is 1.13. The summed E-state index contributed by atoms with van der Waals surface area (Å²) in [5.41, 5.74) is 0.201. The van der Waals surface area contributed by atoms with E-state index in [0.29, 0.717) is 11.2 Å². The van der Waals surface area contributed by atoms with Gasteiger partial charge in [-0.05, 0) is 19.1 Å². The van der Waals surface area contributed by atoms with Gasteiger partial charge in [0, 0.05) is 5.39 Å². The van der Waals surface area contributed by atoms with E-state index < -0.39 is 12.4 Å². The van der Waals surface area contributed by atoms with E-state index in [1.165, 1.54) is 12.1 Å². The van der Waals surface area contributed by atoms with E-state index in [9.17, 15) is 13.2 Å². The van der Waals surface area contributed by atoms with Crippen molar-refractivity contribution in [1.82, 2.24) is 20.2 Å².